The van der Waals surface area contributed by atoms with Gasteiger partial charge in [0, 0.05) is 14.1 Å². The van der Waals surface area contributed by atoms with Crippen molar-refractivity contribution in [1.29, 1.82) is 0 Å². The average Bonchev–Trinajstić information content (AvgIpc) is 2.69. The molecule has 0 bridgehead atoms. The Morgan fingerprint density at radius 2 is 1.42 bits per heavy atom. The van der Waals surface area contributed by atoms with Gasteiger partial charge in [-0.1, -0.05) is 20.8 Å². The number of likely N-dealkylation sites (N-methyl/N-ethyl adjacent to an activating group) is 3. The third kappa shape index (κ3) is 9.25. The van der Waals surface area contributed by atoms with Gasteiger partial charge in [0.25, 0.3) is 0 Å². The second kappa shape index (κ2) is 13.8. The summed E-state index contributed by atoms with van der Waals surface area (Å²) in [4.78, 5) is 40.5. The average molecular weight is 445 g/mol. The zero-order valence-corrected chi connectivity index (χ0v) is 20.8. The van der Waals surface area contributed by atoms with Gasteiger partial charge in [0.1, 0.15) is 12.3 Å². The van der Waals surface area contributed by atoms with Crippen molar-refractivity contribution >= 4 is 18.1 Å². The van der Waals surface area contributed by atoms with Gasteiger partial charge in [-0.2, -0.15) is 0 Å². The maximum Gasteiger partial charge on any atom is 0.245 e. The van der Waals surface area contributed by atoms with Gasteiger partial charge < -0.3 is 30.1 Å². The molecular formula is C23H45N3O5. The first-order chi connectivity index (χ1) is 14.6. The van der Waals surface area contributed by atoms with Crippen LogP contribution in [0.1, 0.15) is 62.2 Å². The van der Waals surface area contributed by atoms with E-state index in [9.17, 15) is 24.6 Å². The number of aliphatic hydroxyl groups is 2. The van der Waals surface area contributed by atoms with Crippen molar-refractivity contribution < 1.29 is 26.0 Å². The highest BCUT2D eigenvalue weighted by molar-refractivity contribution is 5.90. The van der Waals surface area contributed by atoms with Gasteiger partial charge in [-0.05, 0) is 64.8 Å². The van der Waals surface area contributed by atoms with E-state index in [4.69, 9.17) is 1.37 Å². The van der Waals surface area contributed by atoms with Gasteiger partial charge in [-0.15, -0.1) is 0 Å². The summed E-state index contributed by atoms with van der Waals surface area (Å²) in [5.41, 5.74) is 0. The number of hydrogen-bond acceptors (Lipinski definition) is 6. The SMILES string of the molecule is [2H][C@@](C=O)([C@@H](C)CC(CC(C)O)CC(C)O)N(C)C(=O)[C@@H](C)N(C)C(=O)[C@@H](NC)C(C)C. The molecule has 0 spiro atoms. The Morgan fingerprint density at radius 1 is 0.935 bits per heavy atom. The molecule has 0 saturated carbocycles. The summed E-state index contributed by atoms with van der Waals surface area (Å²) in [7, 11) is 4.64. The molecule has 0 aliphatic heterocycles. The first kappa shape index (κ1) is 27.5. The number of aliphatic hydroxyl groups excluding tert-OH is 2. The third-order valence-electron chi connectivity index (χ3n) is 5.91. The molecule has 3 N–H and O–H groups in total. The largest absolute Gasteiger partial charge is 0.393 e. The topological polar surface area (TPSA) is 110 Å². The number of carbonyl (C=O) groups excluding carboxylic acids is 3. The summed E-state index contributed by atoms with van der Waals surface area (Å²) in [5, 5.41) is 22.5. The van der Waals surface area contributed by atoms with Crippen molar-refractivity contribution in [3.63, 3.8) is 0 Å². The summed E-state index contributed by atoms with van der Waals surface area (Å²) >= 11 is 0. The van der Waals surface area contributed by atoms with Gasteiger partial charge in [0.15, 0.2) is 0 Å². The van der Waals surface area contributed by atoms with Crippen LogP contribution in [0.15, 0.2) is 0 Å². The Morgan fingerprint density at radius 3 is 1.77 bits per heavy atom. The highest BCUT2D eigenvalue weighted by Crippen LogP contribution is 2.26. The minimum atomic E-state index is -1.84. The van der Waals surface area contributed by atoms with Gasteiger partial charge in [-0.3, -0.25) is 9.59 Å². The van der Waals surface area contributed by atoms with Gasteiger partial charge in [0.2, 0.25) is 11.8 Å². The monoisotopic (exact) mass is 444 g/mol. The molecule has 182 valence electrons. The molecule has 0 aromatic rings. The van der Waals surface area contributed by atoms with Crippen molar-refractivity contribution in [2.24, 2.45) is 17.8 Å². The van der Waals surface area contributed by atoms with Crippen LogP contribution in [0.2, 0.25) is 0 Å². The van der Waals surface area contributed by atoms with Gasteiger partial charge >= 0.3 is 0 Å². The Labute approximate surface area is 189 Å². The minimum absolute atomic E-state index is 0.0278. The zero-order valence-electron chi connectivity index (χ0n) is 21.8. The summed E-state index contributed by atoms with van der Waals surface area (Å²) in [6, 6.07) is -3.15. The Hall–Kier alpha value is -1.51. The second-order valence-corrected chi connectivity index (χ2v) is 9.25. The van der Waals surface area contributed by atoms with Crippen molar-refractivity contribution in [3.8, 4) is 0 Å². The summed E-state index contributed by atoms with van der Waals surface area (Å²) in [6.45, 7) is 10.4. The molecule has 2 amide bonds. The number of nitrogens with one attached hydrogen (secondary N) is 1. The highest BCUT2D eigenvalue weighted by atomic mass is 16.3. The smallest absolute Gasteiger partial charge is 0.245 e. The maximum atomic E-state index is 13.2. The molecule has 0 aromatic carbocycles. The van der Waals surface area contributed by atoms with E-state index in [0.717, 1.165) is 4.90 Å². The van der Waals surface area contributed by atoms with Crippen LogP contribution >= 0.6 is 0 Å². The Balaban J connectivity index is 5.59. The van der Waals surface area contributed by atoms with E-state index in [-0.39, 0.29) is 17.7 Å². The molecule has 6 atom stereocenters. The molecule has 0 fully saturated rings. The van der Waals surface area contributed by atoms with Crippen LogP contribution < -0.4 is 5.32 Å². The highest BCUT2D eigenvalue weighted by Gasteiger charge is 2.34. The van der Waals surface area contributed by atoms with Crippen LogP contribution in [0.3, 0.4) is 0 Å². The van der Waals surface area contributed by atoms with Gasteiger partial charge in [0.05, 0.1) is 25.6 Å². The quantitative estimate of drug-likeness (QED) is 0.348. The Bertz CT molecular complexity index is 606. The normalized spacial score (nSPS) is 19.9. The minimum Gasteiger partial charge on any atom is -0.393 e. The number of amides is 2. The van der Waals surface area contributed by atoms with E-state index in [0.29, 0.717) is 25.5 Å². The van der Waals surface area contributed by atoms with Crippen LogP contribution in [0.25, 0.3) is 0 Å². The number of nitrogens with zero attached hydrogens (tertiary/aromatic N) is 2. The van der Waals surface area contributed by atoms with Crippen LogP contribution in [0.4, 0.5) is 0 Å². The lowest BCUT2D eigenvalue weighted by atomic mass is 9.84. The lowest BCUT2D eigenvalue weighted by molar-refractivity contribution is -0.147. The second-order valence-electron chi connectivity index (χ2n) is 9.25. The van der Waals surface area contributed by atoms with E-state index in [1.54, 1.807) is 41.8 Å². The predicted molar refractivity (Wildman–Crippen MR) is 122 cm³/mol. The molecule has 0 heterocycles. The fourth-order valence-corrected chi connectivity index (χ4v) is 4.13. The van der Waals surface area contributed by atoms with Crippen LogP contribution in [0.5, 0.6) is 0 Å². The van der Waals surface area contributed by atoms with E-state index in [1.165, 1.54) is 11.9 Å². The number of carbonyl (C=O) groups is 3. The van der Waals surface area contributed by atoms with E-state index in [2.05, 4.69) is 5.32 Å². The first-order valence-electron chi connectivity index (χ1n) is 11.7. The number of hydrogen-bond donors (Lipinski definition) is 3. The molecule has 0 saturated heterocycles. The van der Waals surface area contributed by atoms with Crippen LogP contribution in [0, 0.1) is 17.8 Å². The summed E-state index contributed by atoms with van der Waals surface area (Å²) < 4.78 is 8.80. The lowest BCUT2D eigenvalue weighted by Gasteiger charge is -2.36. The fourth-order valence-electron chi connectivity index (χ4n) is 4.13. The lowest BCUT2D eigenvalue weighted by Crippen LogP contribution is -2.55. The molecule has 0 aromatic heterocycles. The number of aldehydes is 1. The summed E-state index contributed by atoms with van der Waals surface area (Å²) in [5.74, 6) is -1.37. The van der Waals surface area contributed by atoms with Crippen LogP contribution in [-0.2, 0) is 14.4 Å². The van der Waals surface area contributed by atoms with Crippen molar-refractivity contribution in [1.82, 2.24) is 15.1 Å². The molecule has 31 heavy (non-hydrogen) atoms. The molecule has 8 heteroatoms. The van der Waals surface area contributed by atoms with Crippen molar-refractivity contribution in [2.45, 2.75) is 91.1 Å². The molecule has 2 unspecified atom stereocenters. The Kier molecular flexibility index (Phi) is 12.3. The van der Waals surface area contributed by atoms with E-state index >= 15 is 0 Å². The molecular weight excluding hydrogens is 398 g/mol. The predicted octanol–water partition coefficient (Wildman–Crippen LogP) is 1.29. The molecule has 0 aliphatic carbocycles. The van der Waals surface area contributed by atoms with E-state index < -0.39 is 42.1 Å². The van der Waals surface area contributed by atoms with E-state index in [1.807, 2.05) is 13.8 Å². The molecule has 0 radical (unpaired) electrons. The zero-order chi connectivity index (χ0) is 25.4. The number of rotatable bonds is 14. The van der Waals surface area contributed by atoms with Crippen LogP contribution in [-0.4, -0.2) is 89.6 Å². The molecule has 0 rings (SSSR count). The van der Waals surface area contributed by atoms with Crippen molar-refractivity contribution in [3.05, 3.63) is 0 Å². The standard InChI is InChI=1S/C23H45N3O5/c1-14(2)21(24-7)23(31)25(8)18(6)22(30)26(9)20(13-27)15(3)10-19(11-16(4)28)12-17(5)29/h13-21,24,28-29H,10-12H2,1-9H3/t15-,16?,17?,18+,19?,20+,21-/m0/s1/i20D. The fraction of sp³-hybridized carbons (Fsp3) is 0.870. The molecule has 8 nitrogen and oxygen atoms in total. The van der Waals surface area contributed by atoms with Gasteiger partial charge in [-0.25, -0.2) is 0 Å². The van der Waals surface area contributed by atoms with Crippen molar-refractivity contribution in [2.75, 3.05) is 21.1 Å². The summed E-state index contributed by atoms with van der Waals surface area (Å²) in [6.07, 6.45) is 0.529. The maximum absolute atomic E-state index is 13.2. The third-order valence-corrected chi connectivity index (χ3v) is 5.91. The molecule has 0 aliphatic rings. The first-order valence-corrected chi connectivity index (χ1v) is 11.2.